The van der Waals surface area contributed by atoms with E-state index in [1.54, 1.807) is 0 Å². The first-order chi connectivity index (χ1) is 5.04. The largest absolute Gasteiger partial charge is 0.443 e. The lowest BCUT2D eigenvalue weighted by Crippen LogP contribution is -2.02. The van der Waals surface area contributed by atoms with Gasteiger partial charge in [-0.1, -0.05) is 0 Å². The highest BCUT2D eigenvalue weighted by molar-refractivity contribution is 7.11. The van der Waals surface area contributed by atoms with Gasteiger partial charge in [0, 0.05) is 17.6 Å². The number of hydrogen-bond acceptors (Lipinski definition) is 3. The number of halogens is 3. The molecule has 0 spiro atoms. The minimum atomic E-state index is -4.34. The van der Waals surface area contributed by atoms with E-state index in [2.05, 4.69) is 4.98 Å². The highest BCUT2D eigenvalue weighted by Crippen LogP contribution is 2.32. The molecule has 0 fully saturated rings. The zero-order valence-corrected chi connectivity index (χ0v) is 6.17. The zero-order chi connectivity index (χ0) is 8.48. The Balaban J connectivity index is 2.89. The quantitative estimate of drug-likeness (QED) is 0.716. The van der Waals surface area contributed by atoms with Gasteiger partial charge < -0.3 is 5.73 Å². The normalized spacial score (nSPS) is 12.0. The Morgan fingerprint density at radius 2 is 2.18 bits per heavy atom. The maximum Gasteiger partial charge on any atom is 0.443 e. The Morgan fingerprint density at radius 3 is 2.45 bits per heavy atom. The summed E-state index contributed by atoms with van der Waals surface area (Å²) in [7, 11) is 0. The lowest BCUT2D eigenvalue weighted by atomic mass is 10.6. The average molecular weight is 182 g/mol. The summed E-state index contributed by atoms with van der Waals surface area (Å²) in [5, 5.41) is -0.835. The molecule has 0 radical (unpaired) electrons. The number of aromatic nitrogens is 1. The van der Waals surface area contributed by atoms with Crippen LogP contribution in [-0.4, -0.2) is 4.98 Å². The average Bonchev–Trinajstić information content (AvgIpc) is 2.32. The van der Waals surface area contributed by atoms with Crippen molar-refractivity contribution in [3.05, 3.63) is 16.1 Å². The third-order valence-corrected chi connectivity index (χ3v) is 2.06. The van der Waals surface area contributed by atoms with Crippen LogP contribution < -0.4 is 5.73 Å². The lowest BCUT2D eigenvalue weighted by Gasteiger charge is -1.98. The lowest BCUT2D eigenvalue weighted by molar-refractivity contribution is -0.137. The van der Waals surface area contributed by atoms with Crippen LogP contribution in [0.1, 0.15) is 9.88 Å². The van der Waals surface area contributed by atoms with Gasteiger partial charge in [0.1, 0.15) is 0 Å². The van der Waals surface area contributed by atoms with Gasteiger partial charge >= 0.3 is 6.18 Å². The fourth-order valence-corrected chi connectivity index (χ4v) is 1.19. The van der Waals surface area contributed by atoms with E-state index >= 15 is 0 Å². The van der Waals surface area contributed by atoms with Gasteiger partial charge in [-0.25, -0.2) is 4.98 Å². The van der Waals surface area contributed by atoms with Crippen LogP contribution in [0.4, 0.5) is 13.2 Å². The van der Waals surface area contributed by atoms with E-state index in [1.807, 2.05) is 0 Å². The maximum atomic E-state index is 11.8. The molecule has 0 saturated carbocycles. The van der Waals surface area contributed by atoms with Crippen LogP contribution in [0.25, 0.3) is 0 Å². The molecular weight excluding hydrogens is 177 g/mol. The summed E-state index contributed by atoms with van der Waals surface area (Å²) in [5.41, 5.74) is 5.11. The van der Waals surface area contributed by atoms with Crippen LogP contribution in [0.2, 0.25) is 0 Å². The van der Waals surface area contributed by atoms with Crippen LogP contribution in [-0.2, 0) is 12.7 Å². The molecule has 1 aromatic heterocycles. The van der Waals surface area contributed by atoms with Gasteiger partial charge in [0.15, 0.2) is 5.01 Å². The number of thiazole rings is 1. The molecule has 0 unspecified atom stereocenters. The second kappa shape index (κ2) is 2.78. The predicted molar refractivity (Wildman–Crippen MR) is 35.0 cm³/mol. The van der Waals surface area contributed by atoms with E-state index in [0.29, 0.717) is 16.2 Å². The first-order valence-electron chi connectivity index (χ1n) is 2.76. The molecule has 0 bridgehead atoms. The molecule has 0 saturated heterocycles. The fraction of sp³-hybridized carbons (Fsp3) is 0.400. The molecular formula is C5H5F3N2S. The molecule has 1 aromatic rings. The van der Waals surface area contributed by atoms with Crippen LogP contribution in [0, 0.1) is 0 Å². The molecule has 0 amide bonds. The Morgan fingerprint density at radius 1 is 1.55 bits per heavy atom. The molecule has 0 aliphatic carbocycles. The van der Waals surface area contributed by atoms with Crippen molar-refractivity contribution in [2.75, 3.05) is 0 Å². The SMILES string of the molecule is NCc1cnc(C(F)(F)F)s1. The third kappa shape index (κ3) is 1.90. The summed E-state index contributed by atoms with van der Waals surface area (Å²) in [5.74, 6) is 0. The Bertz CT molecular complexity index is 242. The molecule has 6 heteroatoms. The van der Waals surface area contributed by atoms with Gasteiger partial charge in [-0.3, -0.25) is 0 Å². The van der Waals surface area contributed by atoms with Gasteiger partial charge in [-0.05, 0) is 0 Å². The minimum absolute atomic E-state index is 0.105. The maximum absolute atomic E-state index is 11.8. The molecule has 0 aliphatic heterocycles. The Hall–Kier alpha value is -0.620. The van der Waals surface area contributed by atoms with Gasteiger partial charge in [0.25, 0.3) is 0 Å². The van der Waals surface area contributed by atoms with Crippen molar-refractivity contribution < 1.29 is 13.2 Å². The summed E-state index contributed by atoms with van der Waals surface area (Å²) in [4.78, 5) is 3.61. The Labute approximate surface area is 64.9 Å². The van der Waals surface area contributed by atoms with Crippen LogP contribution in [0.15, 0.2) is 6.20 Å². The van der Waals surface area contributed by atoms with Crippen molar-refractivity contribution in [3.63, 3.8) is 0 Å². The third-order valence-electron chi connectivity index (χ3n) is 0.997. The van der Waals surface area contributed by atoms with Crippen LogP contribution in [0.3, 0.4) is 0 Å². The number of nitrogens with zero attached hydrogens (tertiary/aromatic N) is 1. The van der Waals surface area contributed by atoms with Crippen LogP contribution in [0.5, 0.6) is 0 Å². The zero-order valence-electron chi connectivity index (χ0n) is 5.35. The van der Waals surface area contributed by atoms with Crippen LogP contribution >= 0.6 is 11.3 Å². The van der Waals surface area contributed by atoms with Crippen molar-refractivity contribution in [2.45, 2.75) is 12.7 Å². The molecule has 1 rings (SSSR count). The van der Waals surface area contributed by atoms with E-state index in [1.165, 1.54) is 0 Å². The van der Waals surface area contributed by atoms with Crippen molar-refractivity contribution in [2.24, 2.45) is 5.73 Å². The number of hydrogen-bond donors (Lipinski definition) is 1. The Kier molecular flexibility index (Phi) is 2.15. The van der Waals surface area contributed by atoms with E-state index in [4.69, 9.17) is 5.73 Å². The number of alkyl halides is 3. The summed E-state index contributed by atoms with van der Waals surface area (Å²) in [6, 6.07) is 0. The minimum Gasteiger partial charge on any atom is -0.326 e. The standard InChI is InChI=1S/C5H5F3N2S/c6-5(7,8)4-10-2-3(1-9)11-4/h2H,1,9H2. The van der Waals surface area contributed by atoms with Gasteiger partial charge in [-0.2, -0.15) is 13.2 Å². The second-order valence-corrected chi connectivity index (χ2v) is 2.95. The van der Waals surface area contributed by atoms with Gasteiger partial charge in [-0.15, -0.1) is 11.3 Å². The first kappa shape index (κ1) is 8.48. The summed E-state index contributed by atoms with van der Waals surface area (Å²) in [6.45, 7) is 0.105. The predicted octanol–water partition coefficient (Wildman–Crippen LogP) is 1.62. The smallest absolute Gasteiger partial charge is 0.326 e. The molecule has 0 aliphatic rings. The molecule has 11 heavy (non-hydrogen) atoms. The molecule has 1 heterocycles. The van der Waals surface area contributed by atoms with E-state index in [0.717, 1.165) is 6.20 Å². The van der Waals surface area contributed by atoms with Crippen molar-refractivity contribution in [1.82, 2.24) is 4.98 Å². The van der Waals surface area contributed by atoms with Crippen molar-refractivity contribution in [3.8, 4) is 0 Å². The number of rotatable bonds is 1. The second-order valence-electron chi connectivity index (χ2n) is 1.83. The first-order valence-corrected chi connectivity index (χ1v) is 3.57. The topological polar surface area (TPSA) is 38.9 Å². The van der Waals surface area contributed by atoms with E-state index < -0.39 is 11.2 Å². The monoisotopic (exact) mass is 182 g/mol. The van der Waals surface area contributed by atoms with Gasteiger partial charge in [0.05, 0.1) is 0 Å². The fourth-order valence-electron chi connectivity index (χ4n) is 0.533. The van der Waals surface area contributed by atoms with Crippen molar-refractivity contribution >= 4 is 11.3 Å². The molecule has 62 valence electrons. The van der Waals surface area contributed by atoms with Crippen molar-refractivity contribution in [1.29, 1.82) is 0 Å². The highest BCUT2D eigenvalue weighted by Gasteiger charge is 2.34. The molecule has 2 N–H and O–H groups in total. The molecule has 2 nitrogen and oxygen atoms in total. The summed E-state index contributed by atoms with van der Waals surface area (Å²) < 4.78 is 35.5. The molecule has 0 aromatic carbocycles. The summed E-state index contributed by atoms with van der Waals surface area (Å²) in [6.07, 6.45) is -3.19. The highest BCUT2D eigenvalue weighted by atomic mass is 32.1. The molecule has 0 atom stereocenters. The van der Waals surface area contributed by atoms with E-state index in [9.17, 15) is 13.2 Å². The van der Waals surface area contributed by atoms with E-state index in [-0.39, 0.29) is 6.54 Å². The van der Waals surface area contributed by atoms with Gasteiger partial charge in [0.2, 0.25) is 0 Å². The number of nitrogens with two attached hydrogens (primary N) is 1. The summed E-state index contributed by atoms with van der Waals surface area (Å²) >= 11 is 0.579.